The third-order valence-corrected chi connectivity index (χ3v) is 7.42. The standard InChI is InChI=1S/C25H26FN5O2S/c1-16-5-3-4-10-30(16)21(32)15-29-11-12-31-17(2)23(33)22(28-25(29)31)24-27-14-20(34-24)13-18-6-8-19(26)9-7-18/h6-9,11-12,14,16,27H,2-5,10,13,15H2,1H3. The Morgan fingerprint density at radius 3 is 2.82 bits per heavy atom. The molecule has 5 rings (SSSR count). The Morgan fingerprint density at radius 1 is 1.26 bits per heavy atom. The highest BCUT2D eigenvalue weighted by atomic mass is 32.2. The van der Waals surface area contributed by atoms with Crippen LogP contribution >= 0.6 is 11.8 Å². The first kappa shape index (κ1) is 22.5. The molecule has 3 aromatic rings. The fraction of sp³-hybridized carbons (Fsp3) is 0.320. The molecule has 0 radical (unpaired) electrons. The minimum atomic E-state index is -0.271. The average molecular weight is 480 g/mol. The summed E-state index contributed by atoms with van der Waals surface area (Å²) in [4.78, 5) is 33.6. The van der Waals surface area contributed by atoms with Gasteiger partial charge in [0.15, 0.2) is 0 Å². The van der Waals surface area contributed by atoms with Crippen LogP contribution in [0.5, 0.6) is 0 Å². The molecular formula is C25H26FN5O2S. The molecule has 9 heteroatoms. The minimum absolute atomic E-state index is 0.0507. The van der Waals surface area contributed by atoms with Crippen LogP contribution in [0.15, 0.2) is 52.6 Å². The number of rotatable bonds is 4. The Labute approximate surface area is 200 Å². The molecule has 0 saturated carbocycles. The molecule has 1 N–H and O–H groups in total. The monoisotopic (exact) mass is 479 g/mol. The fourth-order valence-corrected chi connectivity index (χ4v) is 5.44. The summed E-state index contributed by atoms with van der Waals surface area (Å²) in [7, 11) is 0. The number of allylic oxidation sites excluding steroid dienone is 1. The number of fused-ring (bicyclic) bond motifs is 1. The van der Waals surface area contributed by atoms with E-state index in [1.165, 1.54) is 23.9 Å². The lowest BCUT2D eigenvalue weighted by Gasteiger charge is -2.33. The minimum Gasteiger partial charge on any atom is -0.354 e. The van der Waals surface area contributed by atoms with Gasteiger partial charge in [0, 0.05) is 42.5 Å². The molecule has 7 nitrogen and oxygen atoms in total. The Kier molecular flexibility index (Phi) is 6.03. The van der Waals surface area contributed by atoms with Gasteiger partial charge in [-0.3, -0.25) is 14.0 Å². The number of hydrogen-bond acceptors (Lipinski definition) is 5. The largest absolute Gasteiger partial charge is 0.354 e. The first-order chi connectivity index (χ1) is 16.4. The predicted molar refractivity (Wildman–Crippen MR) is 132 cm³/mol. The third kappa shape index (κ3) is 4.27. The van der Waals surface area contributed by atoms with Crippen LogP contribution in [0, 0.1) is 5.82 Å². The summed E-state index contributed by atoms with van der Waals surface area (Å²) in [5.74, 6) is 0.279. The highest BCUT2D eigenvalue weighted by Crippen LogP contribution is 2.31. The number of aromatic nitrogens is 3. The van der Waals surface area contributed by atoms with Crippen molar-refractivity contribution in [3.05, 3.63) is 80.1 Å². The molecular weight excluding hydrogens is 453 g/mol. The van der Waals surface area contributed by atoms with Gasteiger partial charge in [0.25, 0.3) is 0 Å². The molecule has 34 heavy (non-hydrogen) atoms. The first-order valence-corrected chi connectivity index (χ1v) is 12.2. The number of nitrogens with one attached hydrogen (secondary N) is 1. The van der Waals surface area contributed by atoms with Gasteiger partial charge in [-0.05, 0) is 43.9 Å². The van der Waals surface area contributed by atoms with Crippen molar-refractivity contribution in [3.63, 3.8) is 0 Å². The van der Waals surface area contributed by atoms with Crippen molar-refractivity contribution in [2.24, 2.45) is 0 Å². The second-order valence-electron chi connectivity index (χ2n) is 8.75. The lowest BCUT2D eigenvalue weighted by Crippen LogP contribution is -2.46. The number of thioether (sulfide) groups is 1. The van der Waals surface area contributed by atoms with Crippen molar-refractivity contribution in [2.45, 2.75) is 45.2 Å². The van der Waals surface area contributed by atoms with E-state index >= 15 is 0 Å². The number of imidazole rings is 1. The number of nitrogens with zero attached hydrogens (tertiary/aromatic N) is 4. The van der Waals surface area contributed by atoms with Crippen LogP contribution in [0.25, 0.3) is 17.4 Å². The molecule has 0 bridgehead atoms. The van der Waals surface area contributed by atoms with E-state index in [2.05, 4.69) is 23.8 Å². The molecule has 1 saturated heterocycles. The summed E-state index contributed by atoms with van der Waals surface area (Å²) in [5.41, 5.74) is 0.708. The Morgan fingerprint density at radius 2 is 2.06 bits per heavy atom. The lowest BCUT2D eigenvalue weighted by atomic mass is 10.0. The van der Waals surface area contributed by atoms with Crippen LogP contribution in [0.3, 0.4) is 0 Å². The van der Waals surface area contributed by atoms with Gasteiger partial charge in [-0.15, -0.1) is 0 Å². The summed E-state index contributed by atoms with van der Waals surface area (Å²) in [6.07, 6.45) is 9.14. The average Bonchev–Trinajstić information content (AvgIpc) is 3.45. The highest BCUT2D eigenvalue weighted by molar-refractivity contribution is 8.11. The van der Waals surface area contributed by atoms with Gasteiger partial charge >= 0.3 is 0 Å². The molecule has 0 spiro atoms. The molecule has 1 aromatic carbocycles. The van der Waals surface area contributed by atoms with Crippen molar-refractivity contribution in [1.29, 1.82) is 0 Å². The lowest BCUT2D eigenvalue weighted by molar-refractivity contribution is -0.135. The summed E-state index contributed by atoms with van der Waals surface area (Å²) in [6.45, 7) is 6.99. The van der Waals surface area contributed by atoms with Crippen LogP contribution in [-0.2, 0) is 17.8 Å². The van der Waals surface area contributed by atoms with Crippen molar-refractivity contribution >= 4 is 35.1 Å². The van der Waals surface area contributed by atoms with Gasteiger partial charge in [-0.25, -0.2) is 9.37 Å². The molecule has 0 aliphatic carbocycles. The smallest absolute Gasteiger partial charge is 0.242 e. The third-order valence-electron chi connectivity index (χ3n) is 6.38. The van der Waals surface area contributed by atoms with E-state index in [1.807, 2.05) is 11.1 Å². The van der Waals surface area contributed by atoms with E-state index in [0.29, 0.717) is 22.6 Å². The fourth-order valence-electron chi connectivity index (χ4n) is 4.47. The number of benzene rings is 1. The van der Waals surface area contributed by atoms with Crippen LogP contribution in [0.1, 0.15) is 31.7 Å². The zero-order chi connectivity index (χ0) is 23.8. The van der Waals surface area contributed by atoms with Crippen LogP contribution in [-0.4, -0.2) is 37.3 Å². The van der Waals surface area contributed by atoms with Crippen LogP contribution in [0.2, 0.25) is 0 Å². The Balaban J connectivity index is 1.44. The van der Waals surface area contributed by atoms with Crippen molar-refractivity contribution in [1.82, 2.24) is 24.2 Å². The summed E-state index contributed by atoms with van der Waals surface area (Å²) >= 11 is 1.43. The van der Waals surface area contributed by atoms with E-state index in [-0.39, 0.29) is 35.1 Å². The number of carbonyl (C=O) groups excluding carboxylic acids is 1. The zero-order valence-corrected chi connectivity index (χ0v) is 19.8. The highest BCUT2D eigenvalue weighted by Gasteiger charge is 2.24. The molecule has 2 aliphatic rings. The van der Waals surface area contributed by atoms with E-state index in [9.17, 15) is 14.0 Å². The van der Waals surface area contributed by atoms with Crippen molar-refractivity contribution in [2.75, 3.05) is 6.54 Å². The number of hydrogen-bond donors (Lipinski definition) is 1. The molecule has 176 valence electrons. The van der Waals surface area contributed by atoms with Gasteiger partial charge < -0.3 is 14.8 Å². The molecule has 1 atom stereocenters. The Hall–Kier alpha value is -3.33. The quantitative estimate of drug-likeness (QED) is 0.619. The van der Waals surface area contributed by atoms with Crippen LogP contribution < -0.4 is 21.4 Å². The molecule has 4 heterocycles. The second kappa shape index (κ2) is 9.13. The van der Waals surface area contributed by atoms with Crippen LogP contribution in [0.4, 0.5) is 4.39 Å². The number of carbonyl (C=O) groups is 1. The predicted octanol–water partition coefficient (Wildman–Crippen LogP) is 1.93. The molecule has 1 amide bonds. The number of piperidine rings is 1. The zero-order valence-electron chi connectivity index (χ0n) is 19.0. The first-order valence-electron chi connectivity index (χ1n) is 11.4. The molecule has 1 fully saturated rings. The maximum absolute atomic E-state index is 13.2. The Bertz CT molecular complexity index is 1460. The maximum Gasteiger partial charge on any atom is 0.242 e. The van der Waals surface area contributed by atoms with E-state index in [4.69, 9.17) is 0 Å². The summed E-state index contributed by atoms with van der Waals surface area (Å²) < 4.78 is 16.6. The van der Waals surface area contributed by atoms with Crippen molar-refractivity contribution < 1.29 is 9.18 Å². The number of amides is 1. The maximum atomic E-state index is 13.2. The van der Waals surface area contributed by atoms with Gasteiger partial charge in [-0.1, -0.05) is 30.5 Å². The summed E-state index contributed by atoms with van der Waals surface area (Å²) in [5, 5.41) is 4.35. The van der Waals surface area contributed by atoms with E-state index < -0.39 is 0 Å². The second-order valence-corrected chi connectivity index (χ2v) is 9.89. The van der Waals surface area contributed by atoms with Gasteiger partial charge in [0.05, 0.1) is 5.35 Å². The van der Waals surface area contributed by atoms with Gasteiger partial charge in [0.1, 0.15) is 22.7 Å². The van der Waals surface area contributed by atoms with E-state index in [1.54, 1.807) is 33.5 Å². The topological polar surface area (TPSA) is 71.6 Å². The van der Waals surface area contributed by atoms with Gasteiger partial charge in [0.2, 0.25) is 17.1 Å². The summed E-state index contributed by atoms with van der Waals surface area (Å²) in [6, 6.07) is 6.60. The number of likely N-dealkylation sites (tertiary alicyclic amines) is 1. The normalized spacial score (nSPS) is 19.9. The number of halogens is 1. The molecule has 2 aliphatic heterocycles. The molecule has 2 aromatic heterocycles. The van der Waals surface area contributed by atoms with Crippen molar-refractivity contribution in [3.8, 4) is 0 Å². The van der Waals surface area contributed by atoms with E-state index in [0.717, 1.165) is 36.3 Å². The van der Waals surface area contributed by atoms with Gasteiger partial charge in [-0.2, -0.15) is 0 Å². The molecule has 1 unspecified atom stereocenters. The SMILES string of the molecule is C=c1c(=O)c(=C2NC=C(Cc3ccc(F)cc3)S2)nc2n(CC(=O)N3CCCCC3C)ccn12.